The lowest BCUT2D eigenvalue weighted by Crippen LogP contribution is -2.54. The number of nitrogens with zero attached hydrogens (tertiary/aromatic N) is 3. The number of nitrogens with one attached hydrogen (secondary N) is 1. The molecule has 2 rings (SSSR count). The highest BCUT2D eigenvalue weighted by Crippen LogP contribution is 2.34. The smallest absolute Gasteiger partial charge is 0.265 e. The van der Waals surface area contributed by atoms with Gasteiger partial charge in [0.25, 0.3) is 3.79 Å². The minimum absolute atomic E-state index is 0.0870. The summed E-state index contributed by atoms with van der Waals surface area (Å²) in [4.78, 5) is 2.86. The van der Waals surface area contributed by atoms with Crippen LogP contribution in [0, 0.1) is 11.3 Å². The Morgan fingerprint density at radius 3 is 2.54 bits per heavy atom. The van der Waals surface area contributed by atoms with Gasteiger partial charge in [0.1, 0.15) is 6.04 Å². The molecule has 1 fully saturated rings. The van der Waals surface area contributed by atoms with Gasteiger partial charge in [-0.15, -0.1) is 0 Å². The normalized spacial score (nSPS) is 28.9. The van der Waals surface area contributed by atoms with Gasteiger partial charge in [0.2, 0.25) is 12.2 Å². The van der Waals surface area contributed by atoms with Gasteiger partial charge in [-0.1, -0.05) is 77.2 Å². The molecule has 1 aliphatic heterocycles. The third-order valence-electron chi connectivity index (χ3n) is 4.18. The maximum absolute atomic E-state index is 8.95. The first-order valence-electron chi connectivity index (χ1n) is 7.91. The molecule has 0 aromatic heterocycles. The number of hydrogen-bond donors (Lipinski definition) is 1. The summed E-state index contributed by atoms with van der Waals surface area (Å²) >= 11 is 17.0. The third kappa shape index (κ3) is 5.39. The van der Waals surface area contributed by atoms with Crippen molar-refractivity contribution in [1.29, 1.82) is 5.41 Å². The standard InChI is InChI=1S/C16H19Cl3N4O3/c1-9-10(2)25-14(26-15(20)16(17,18)19)12(22-23-21)13(9)24-8-11-6-4-3-5-7-11/h3-7,9-10,12-14,20H,8H2,1-2H3/t9-,10?,12?,13+,14+/m1/s1. The molecule has 26 heavy (non-hydrogen) atoms. The van der Waals surface area contributed by atoms with Crippen molar-refractivity contribution in [3.05, 3.63) is 46.3 Å². The highest BCUT2D eigenvalue weighted by molar-refractivity contribution is 6.76. The van der Waals surface area contributed by atoms with Crippen molar-refractivity contribution in [3.8, 4) is 0 Å². The average molecular weight is 422 g/mol. The molecule has 1 saturated heterocycles. The summed E-state index contributed by atoms with van der Waals surface area (Å²) in [6, 6.07) is 8.76. The summed E-state index contributed by atoms with van der Waals surface area (Å²) in [6.45, 7) is 4.09. The van der Waals surface area contributed by atoms with Crippen LogP contribution < -0.4 is 0 Å². The van der Waals surface area contributed by atoms with Crippen LogP contribution in [-0.2, 0) is 20.8 Å². The average Bonchev–Trinajstić information content (AvgIpc) is 2.59. The summed E-state index contributed by atoms with van der Waals surface area (Å²) in [5.41, 5.74) is 9.92. The quantitative estimate of drug-likeness (QED) is 0.181. The van der Waals surface area contributed by atoms with Crippen LogP contribution >= 0.6 is 34.8 Å². The Morgan fingerprint density at radius 2 is 1.96 bits per heavy atom. The Labute approximate surface area is 166 Å². The monoisotopic (exact) mass is 420 g/mol. The molecule has 0 radical (unpaired) electrons. The zero-order valence-electron chi connectivity index (χ0n) is 14.2. The Balaban J connectivity index is 2.19. The molecule has 0 spiro atoms. The predicted octanol–water partition coefficient (Wildman–Crippen LogP) is 5.00. The van der Waals surface area contributed by atoms with Crippen molar-refractivity contribution in [2.45, 2.75) is 48.8 Å². The van der Waals surface area contributed by atoms with Gasteiger partial charge in [-0.25, -0.2) is 0 Å². The molecule has 0 aliphatic carbocycles. The topological polar surface area (TPSA) is 100 Å². The van der Waals surface area contributed by atoms with E-state index in [2.05, 4.69) is 10.0 Å². The van der Waals surface area contributed by atoms with Crippen molar-refractivity contribution >= 4 is 40.7 Å². The largest absolute Gasteiger partial charge is 0.448 e. The molecule has 1 heterocycles. The first-order chi connectivity index (χ1) is 12.2. The van der Waals surface area contributed by atoms with Crippen LogP contribution in [0.2, 0.25) is 0 Å². The van der Waals surface area contributed by atoms with E-state index in [0.717, 1.165) is 5.56 Å². The second-order valence-corrected chi connectivity index (χ2v) is 8.25. The number of ether oxygens (including phenoxy) is 3. The van der Waals surface area contributed by atoms with Gasteiger partial charge < -0.3 is 14.2 Å². The Kier molecular flexibility index (Phi) is 7.41. The molecule has 1 aromatic carbocycles. The van der Waals surface area contributed by atoms with Crippen LogP contribution in [0.1, 0.15) is 19.4 Å². The summed E-state index contributed by atoms with van der Waals surface area (Å²) < 4.78 is 15.0. The van der Waals surface area contributed by atoms with Gasteiger partial charge in [0, 0.05) is 10.8 Å². The van der Waals surface area contributed by atoms with Crippen LogP contribution in [-0.4, -0.2) is 34.2 Å². The lowest BCUT2D eigenvalue weighted by Gasteiger charge is -2.42. The second-order valence-electron chi connectivity index (χ2n) is 5.97. The third-order valence-corrected chi connectivity index (χ3v) is 4.70. The van der Waals surface area contributed by atoms with Crippen molar-refractivity contribution in [2.75, 3.05) is 0 Å². The van der Waals surface area contributed by atoms with E-state index < -0.39 is 28.1 Å². The van der Waals surface area contributed by atoms with Crippen LogP contribution in [0.5, 0.6) is 0 Å². The van der Waals surface area contributed by atoms with E-state index in [4.69, 9.17) is 60.0 Å². The number of azide groups is 1. The van der Waals surface area contributed by atoms with Gasteiger partial charge in [-0.05, 0) is 18.0 Å². The maximum atomic E-state index is 8.95. The zero-order valence-corrected chi connectivity index (χ0v) is 16.4. The molecule has 7 nitrogen and oxygen atoms in total. The fourth-order valence-electron chi connectivity index (χ4n) is 2.63. The summed E-state index contributed by atoms with van der Waals surface area (Å²) in [6.07, 6.45) is -1.88. The van der Waals surface area contributed by atoms with Crippen molar-refractivity contribution < 1.29 is 14.2 Å². The summed E-state index contributed by atoms with van der Waals surface area (Å²) in [7, 11) is 0. The number of benzene rings is 1. The van der Waals surface area contributed by atoms with Crippen LogP contribution in [0.4, 0.5) is 0 Å². The van der Waals surface area contributed by atoms with Crippen LogP contribution in [0.3, 0.4) is 0 Å². The minimum Gasteiger partial charge on any atom is -0.448 e. The Bertz CT molecular complexity index is 664. The molecule has 5 atom stereocenters. The lowest BCUT2D eigenvalue weighted by molar-refractivity contribution is -0.222. The molecule has 1 aliphatic rings. The van der Waals surface area contributed by atoms with Gasteiger partial charge in [0.15, 0.2) is 0 Å². The molecular weight excluding hydrogens is 403 g/mol. The Hall–Kier alpha value is -1.21. The molecule has 2 unspecified atom stereocenters. The maximum Gasteiger partial charge on any atom is 0.265 e. The highest BCUT2D eigenvalue weighted by atomic mass is 35.6. The van der Waals surface area contributed by atoms with Gasteiger partial charge in [-0.2, -0.15) is 0 Å². The van der Waals surface area contributed by atoms with E-state index in [-0.39, 0.29) is 12.0 Å². The molecule has 1 N–H and O–H groups in total. The molecular formula is C16H19Cl3N4O3. The second kappa shape index (κ2) is 9.13. The highest BCUT2D eigenvalue weighted by Gasteiger charge is 2.45. The molecule has 0 saturated carbocycles. The first kappa shape index (κ1) is 21.1. The number of rotatable bonds is 5. The SMILES string of the molecule is CC1O[C@@H](OC(=N)C(Cl)(Cl)Cl)C(N=[N+]=[N-])[C@@H](OCc2ccccc2)[C@@H]1C. The van der Waals surface area contributed by atoms with Crippen molar-refractivity contribution in [1.82, 2.24) is 0 Å². The van der Waals surface area contributed by atoms with Crippen molar-refractivity contribution in [2.24, 2.45) is 11.0 Å². The van der Waals surface area contributed by atoms with E-state index in [9.17, 15) is 0 Å². The van der Waals surface area contributed by atoms with Gasteiger partial charge in [0.05, 0.1) is 18.8 Å². The first-order valence-corrected chi connectivity index (χ1v) is 9.05. The molecule has 10 heteroatoms. The lowest BCUT2D eigenvalue weighted by atomic mass is 9.90. The summed E-state index contributed by atoms with van der Waals surface area (Å²) in [5.74, 6) is -0.704. The van der Waals surface area contributed by atoms with Gasteiger partial charge in [-0.3, -0.25) is 5.41 Å². The number of halogens is 3. The van der Waals surface area contributed by atoms with Crippen LogP contribution in [0.25, 0.3) is 10.4 Å². The predicted molar refractivity (Wildman–Crippen MR) is 101 cm³/mol. The van der Waals surface area contributed by atoms with Crippen molar-refractivity contribution in [3.63, 3.8) is 0 Å². The fourth-order valence-corrected chi connectivity index (χ4v) is 2.76. The number of hydrogen-bond acceptors (Lipinski definition) is 5. The van der Waals surface area contributed by atoms with E-state index >= 15 is 0 Å². The zero-order chi connectivity index (χ0) is 19.3. The fraction of sp³-hybridized carbons (Fsp3) is 0.562. The molecule has 142 valence electrons. The van der Waals surface area contributed by atoms with Crippen LogP contribution in [0.15, 0.2) is 35.4 Å². The Morgan fingerprint density at radius 1 is 1.31 bits per heavy atom. The van der Waals surface area contributed by atoms with E-state index in [1.54, 1.807) is 0 Å². The summed E-state index contributed by atoms with van der Waals surface area (Å²) in [5, 5.41) is 11.5. The number of alkyl halides is 3. The van der Waals surface area contributed by atoms with Gasteiger partial charge >= 0.3 is 0 Å². The molecule has 0 bridgehead atoms. The molecule has 1 aromatic rings. The van der Waals surface area contributed by atoms with E-state index in [1.807, 2.05) is 44.2 Å². The molecule has 0 amide bonds. The minimum atomic E-state index is -2.04. The van der Waals surface area contributed by atoms with E-state index in [0.29, 0.717) is 6.61 Å². The van der Waals surface area contributed by atoms with E-state index in [1.165, 1.54) is 0 Å².